The lowest BCUT2D eigenvalue weighted by Gasteiger charge is -2.25. The number of carbonyl (C=O) groups excluding carboxylic acids is 1. The van der Waals surface area contributed by atoms with E-state index < -0.39 is 49.1 Å². The van der Waals surface area contributed by atoms with Crippen LogP contribution in [0.25, 0.3) is 11.2 Å². The first-order valence-corrected chi connectivity index (χ1v) is 16.7. The molecule has 240 valence electrons. The summed E-state index contributed by atoms with van der Waals surface area (Å²) in [6.45, 7) is 9.74. The van der Waals surface area contributed by atoms with Crippen LogP contribution in [0.4, 0.5) is 5.95 Å². The second-order valence-electron chi connectivity index (χ2n) is 12.6. The van der Waals surface area contributed by atoms with Gasteiger partial charge in [0.25, 0.3) is 0 Å². The van der Waals surface area contributed by atoms with Crippen molar-refractivity contribution in [3.8, 4) is 0 Å². The van der Waals surface area contributed by atoms with Gasteiger partial charge in [0.15, 0.2) is 5.65 Å². The van der Waals surface area contributed by atoms with Gasteiger partial charge >= 0.3 is 19.5 Å². The highest BCUT2D eigenvalue weighted by atomic mass is 32.2. The molecular weight excluding hydrogens is 609 g/mol. The predicted molar refractivity (Wildman–Crippen MR) is 164 cm³/mol. The first kappa shape index (κ1) is 33.9. The number of carboxylic acid groups (broad SMARTS) is 1. The van der Waals surface area contributed by atoms with Crippen molar-refractivity contribution >= 4 is 48.4 Å². The molecule has 0 radical (unpaired) electrons. The second-order valence-corrected chi connectivity index (χ2v) is 15.7. The van der Waals surface area contributed by atoms with Gasteiger partial charge in [0.2, 0.25) is 12.7 Å². The highest BCUT2D eigenvalue weighted by molar-refractivity contribution is 7.99. The molecule has 0 bridgehead atoms. The number of esters is 1. The van der Waals surface area contributed by atoms with E-state index in [9.17, 15) is 19.3 Å². The molecule has 2 aromatic heterocycles. The van der Waals surface area contributed by atoms with Crippen LogP contribution in [0.5, 0.6) is 0 Å². The molecule has 4 rings (SSSR count). The fraction of sp³-hybridized carbons (Fsp3) is 0.552. The van der Waals surface area contributed by atoms with Crippen molar-refractivity contribution in [3.05, 3.63) is 36.2 Å². The smallest absolute Gasteiger partial charge is 0.359 e. The SMILES string of the molecule is Cc1ccc(Sc2nc(N)nc3c2ncn3CC2(OCP(=O)(OCCC(C)(C)C(=O)O)OCOC(=O)C(C)(C)C)CC2)cc1. The Hall–Kier alpha value is -3.03. The van der Waals surface area contributed by atoms with Crippen LogP contribution in [0.3, 0.4) is 0 Å². The molecule has 0 aliphatic heterocycles. The molecule has 2 heterocycles. The summed E-state index contributed by atoms with van der Waals surface area (Å²) in [7, 11) is -3.96. The molecule has 1 atom stereocenters. The molecule has 0 amide bonds. The third kappa shape index (κ3) is 8.79. The zero-order valence-electron chi connectivity index (χ0n) is 25.9. The van der Waals surface area contributed by atoms with Crippen LogP contribution in [-0.4, -0.2) is 61.9 Å². The molecular formula is C29H40N5O8PS. The molecule has 3 N–H and O–H groups in total. The van der Waals surface area contributed by atoms with Crippen molar-refractivity contribution in [2.45, 2.75) is 82.9 Å². The molecule has 1 fully saturated rings. The molecule has 44 heavy (non-hydrogen) atoms. The molecule has 1 unspecified atom stereocenters. The Bertz CT molecular complexity index is 1550. The minimum absolute atomic E-state index is 0.0771. The number of hydrogen-bond donors (Lipinski definition) is 2. The quantitative estimate of drug-likeness (QED) is 0.0894. The maximum absolute atomic E-state index is 13.7. The van der Waals surface area contributed by atoms with Gasteiger partial charge in [-0.05, 0) is 72.9 Å². The maximum Gasteiger partial charge on any atom is 0.359 e. The number of ether oxygens (including phenoxy) is 2. The van der Waals surface area contributed by atoms with Gasteiger partial charge < -0.3 is 29.4 Å². The van der Waals surface area contributed by atoms with Gasteiger partial charge in [0, 0.05) is 4.90 Å². The number of carboxylic acids is 1. The van der Waals surface area contributed by atoms with E-state index in [0.717, 1.165) is 10.5 Å². The average Bonchev–Trinajstić information content (AvgIpc) is 3.59. The molecule has 0 saturated heterocycles. The van der Waals surface area contributed by atoms with Crippen molar-refractivity contribution < 1.29 is 37.8 Å². The van der Waals surface area contributed by atoms with Gasteiger partial charge in [0.05, 0.1) is 35.9 Å². The van der Waals surface area contributed by atoms with Crippen molar-refractivity contribution in [2.24, 2.45) is 10.8 Å². The number of aryl methyl sites for hydroxylation is 1. The van der Waals surface area contributed by atoms with E-state index in [0.29, 0.717) is 35.6 Å². The lowest BCUT2D eigenvalue weighted by atomic mass is 9.90. The largest absolute Gasteiger partial charge is 0.481 e. The number of nitrogen functional groups attached to an aromatic ring is 1. The molecule has 3 aromatic rings. The third-order valence-corrected chi connectivity index (χ3v) is 9.63. The molecule has 1 aliphatic carbocycles. The summed E-state index contributed by atoms with van der Waals surface area (Å²) in [4.78, 5) is 38.1. The summed E-state index contributed by atoms with van der Waals surface area (Å²) in [5.74, 6) is -1.44. The van der Waals surface area contributed by atoms with E-state index in [-0.39, 0.29) is 19.0 Å². The average molecular weight is 650 g/mol. The molecule has 1 saturated carbocycles. The maximum atomic E-state index is 13.7. The number of aromatic nitrogens is 4. The number of nitrogens with zero attached hydrogens (tertiary/aromatic N) is 4. The van der Waals surface area contributed by atoms with Gasteiger partial charge in [-0.2, -0.15) is 4.98 Å². The van der Waals surface area contributed by atoms with Crippen LogP contribution in [0.2, 0.25) is 0 Å². The summed E-state index contributed by atoms with van der Waals surface area (Å²) >= 11 is 1.44. The lowest BCUT2D eigenvalue weighted by Crippen LogP contribution is -2.26. The Labute approximate surface area is 260 Å². The van der Waals surface area contributed by atoms with Crippen LogP contribution in [0.1, 0.15) is 59.4 Å². The molecule has 13 nitrogen and oxygen atoms in total. The number of carbonyl (C=O) groups is 2. The monoisotopic (exact) mass is 649 g/mol. The van der Waals surface area contributed by atoms with E-state index in [4.69, 9.17) is 24.3 Å². The molecule has 1 aromatic carbocycles. The van der Waals surface area contributed by atoms with Crippen LogP contribution >= 0.6 is 19.4 Å². The summed E-state index contributed by atoms with van der Waals surface area (Å²) in [6.07, 6.45) is 2.64. The van der Waals surface area contributed by atoms with Crippen LogP contribution in [-0.2, 0) is 39.2 Å². The Morgan fingerprint density at radius 3 is 2.41 bits per heavy atom. The first-order chi connectivity index (χ1) is 20.5. The predicted octanol–water partition coefficient (Wildman–Crippen LogP) is 5.65. The molecule has 0 spiro atoms. The summed E-state index contributed by atoms with van der Waals surface area (Å²) in [5.41, 5.74) is 5.77. The fourth-order valence-corrected chi connectivity index (χ4v) is 6.00. The number of benzene rings is 1. The highest BCUT2D eigenvalue weighted by Crippen LogP contribution is 2.53. The Morgan fingerprint density at radius 2 is 1.80 bits per heavy atom. The summed E-state index contributed by atoms with van der Waals surface area (Å²) < 4.78 is 37.9. The van der Waals surface area contributed by atoms with E-state index >= 15 is 0 Å². The van der Waals surface area contributed by atoms with Gasteiger partial charge in [-0.3, -0.25) is 18.7 Å². The summed E-state index contributed by atoms with van der Waals surface area (Å²) in [6, 6.07) is 8.04. The number of nitrogens with two attached hydrogens (primary N) is 1. The number of imidazole rings is 1. The number of hydrogen-bond acceptors (Lipinski definition) is 12. The van der Waals surface area contributed by atoms with Gasteiger partial charge in [-0.1, -0.05) is 29.5 Å². The number of fused-ring (bicyclic) bond motifs is 1. The first-order valence-electron chi connectivity index (χ1n) is 14.2. The van der Waals surface area contributed by atoms with Gasteiger partial charge in [0.1, 0.15) is 16.9 Å². The van der Waals surface area contributed by atoms with Crippen molar-refractivity contribution in [1.82, 2.24) is 19.5 Å². The highest BCUT2D eigenvalue weighted by Gasteiger charge is 2.47. The van der Waals surface area contributed by atoms with E-state index in [2.05, 4.69) is 15.0 Å². The number of aliphatic carboxylic acids is 1. The minimum Gasteiger partial charge on any atom is -0.481 e. The van der Waals surface area contributed by atoms with E-state index in [1.165, 1.54) is 11.8 Å². The second kappa shape index (κ2) is 13.1. The zero-order chi connectivity index (χ0) is 32.3. The topological polar surface area (TPSA) is 178 Å². The standard InChI is InChI=1S/C29H40N5O8PS/c1-19-7-9-20(10-8-19)44-23-21-22(32-26(30)33-23)34(16-31-21)15-29(11-12-29)40-18-43(38,41-14-13-28(5,6)24(35)36)42-17-39-25(37)27(2,3)4/h7-10,16H,11-15,17-18H2,1-6H3,(H,35,36)(H2,30,32,33). The van der Waals surface area contributed by atoms with Crippen molar-refractivity contribution in [2.75, 3.05) is 25.5 Å². The zero-order valence-corrected chi connectivity index (χ0v) is 27.6. The van der Waals surface area contributed by atoms with Crippen molar-refractivity contribution in [1.29, 1.82) is 0 Å². The Balaban J connectivity index is 1.46. The molecule has 15 heteroatoms. The van der Waals surface area contributed by atoms with Crippen LogP contribution < -0.4 is 5.73 Å². The Kier molecular flexibility index (Phi) is 10.1. The van der Waals surface area contributed by atoms with Gasteiger partial charge in [-0.15, -0.1) is 0 Å². The van der Waals surface area contributed by atoms with Crippen molar-refractivity contribution in [3.63, 3.8) is 0 Å². The number of anilines is 1. The third-order valence-electron chi connectivity index (χ3n) is 7.13. The fourth-order valence-electron chi connectivity index (χ4n) is 3.89. The normalized spacial score (nSPS) is 16.0. The van der Waals surface area contributed by atoms with Gasteiger partial charge in [-0.25, -0.2) is 9.97 Å². The molecule has 1 aliphatic rings. The van der Waals surface area contributed by atoms with Crippen LogP contribution in [0, 0.1) is 17.8 Å². The van der Waals surface area contributed by atoms with Crippen LogP contribution in [0.15, 0.2) is 40.5 Å². The van der Waals surface area contributed by atoms with E-state index in [1.807, 2.05) is 35.8 Å². The Morgan fingerprint density at radius 1 is 1.11 bits per heavy atom. The van der Waals surface area contributed by atoms with E-state index in [1.54, 1.807) is 40.9 Å². The minimum atomic E-state index is -3.96. The summed E-state index contributed by atoms with van der Waals surface area (Å²) in [5, 5.41) is 10.0. The lowest BCUT2D eigenvalue weighted by molar-refractivity contribution is -0.160. The number of rotatable bonds is 15.